The van der Waals surface area contributed by atoms with Gasteiger partial charge in [0, 0.05) is 18.1 Å². The number of amides is 2. The molecule has 0 unspecified atom stereocenters. The number of rotatable bonds is 4. The van der Waals surface area contributed by atoms with Gasteiger partial charge in [-0.25, -0.2) is 0 Å². The fourth-order valence-corrected chi connectivity index (χ4v) is 2.18. The predicted octanol–water partition coefficient (Wildman–Crippen LogP) is 2.00. The summed E-state index contributed by atoms with van der Waals surface area (Å²) in [5, 5.41) is 7.39. The van der Waals surface area contributed by atoms with Crippen molar-refractivity contribution in [2.24, 2.45) is 5.73 Å². The predicted molar refractivity (Wildman–Crippen MR) is 80.6 cm³/mol. The zero-order chi connectivity index (χ0) is 15.7. The number of aryl methyl sites for hydroxylation is 1. The number of carbonyl (C=O) groups excluding carboxylic acids is 2. The molecule has 0 bridgehead atoms. The lowest BCUT2D eigenvalue weighted by molar-refractivity contribution is 0.0977. The van der Waals surface area contributed by atoms with E-state index in [4.69, 9.17) is 10.2 Å². The van der Waals surface area contributed by atoms with E-state index in [-0.39, 0.29) is 17.1 Å². The van der Waals surface area contributed by atoms with Crippen molar-refractivity contribution in [1.82, 2.24) is 9.78 Å². The summed E-state index contributed by atoms with van der Waals surface area (Å²) >= 11 is 0. The fourth-order valence-electron chi connectivity index (χ4n) is 2.18. The molecule has 0 saturated heterocycles. The molecule has 0 fully saturated rings. The quantitative estimate of drug-likeness (QED) is 0.768. The Hall–Kier alpha value is -3.09. The van der Waals surface area contributed by atoms with E-state index >= 15 is 0 Å². The Morgan fingerprint density at radius 3 is 2.77 bits per heavy atom. The van der Waals surface area contributed by atoms with Crippen molar-refractivity contribution < 1.29 is 14.0 Å². The van der Waals surface area contributed by atoms with Crippen LogP contribution in [0.4, 0.5) is 5.69 Å². The second-order valence-corrected chi connectivity index (χ2v) is 4.68. The van der Waals surface area contributed by atoms with Crippen LogP contribution in [0.1, 0.15) is 28.0 Å². The number of carbonyl (C=O) groups is 2. The van der Waals surface area contributed by atoms with E-state index in [1.165, 1.54) is 0 Å². The Labute approximate surface area is 125 Å². The van der Waals surface area contributed by atoms with Crippen LogP contribution in [0.15, 0.2) is 40.9 Å². The molecule has 7 nitrogen and oxygen atoms in total. The number of nitrogens with zero attached hydrogens (tertiary/aromatic N) is 2. The van der Waals surface area contributed by atoms with Crippen LogP contribution in [-0.4, -0.2) is 21.6 Å². The van der Waals surface area contributed by atoms with E-state index in [0.717, 1.165) is 0 Å². The number of nitrogens with two attached hydrogens (primary N) is 1. The molecule has 112 valence electrons. The van der Waals surface area contributed by atoms with Crippen LogP contribution in [0.5, 0.6) is 0 Å². The van der Waals surface area contributed by atoms with Crippen LogP contribution >= 0.6 is 0 Å². The molecule has 0 spiro atoms. The third-order valence-electron chi connectivity index (χ3n) is 3.26. The lowest BCUT2D eigenvalue weighted by atomic mass is 10.2. The summed E-state index contributed by atoms with van der Waals surface area (Å²) in [5.41, 5.74) is 6.31. The van der Waals surface area contributed by atoms with E-state index in [9.17, 15) is 9.59 Å². The Morgan fingerprint density at radius 1 is 1.32 bits per heavy atom. The van der Waals surface area contributed by atoms with Gasteiger partial charge in [0.15, 0.2) is 5.69 Å². The topological polar surface area (TPSA) is 103 Å². The van der Waals surface area contributed by atoms with Crippen molar-refractivity contribution in [3.63, 3.8) is 0 Å². The molecule has 2 aromatic heterocycles. The third kappa shape index (κ3) is 2.32. The zero-order valence-electron chi connectivity index (χ0n) is 11.9. The van der Waals surface area contributed by atoms with Crippen LogP contribution in [0.2, 0.25) is 0 Å². The molecular formula is C15H14N4O3. The van der Waals surface area contributed by atoms with Gasteiger partial charge in [0.2, 0.25) is 5.76 Å². The maximum Gasteiger partial charge on any atom is 0.286 e. The van der Waals surface area contributed by atoms with Gasteiger partial charge < -0.3 is 15.5 Å². The largest absolute Gasteiger partial charge is 0.449 e. The zero-order valence-corrected chi connectivity index (χ0v) is 11.9. The van der Waals surface area contributed by atoms with Crippen LogP contribution in [-0.2, 0) is 6.54 Å². The number of furan rings is 1. The average Bonchev–Trinajstić information content (AvgIpc) is 3.12. The molecule has 3 aromatic rings. The highest BCUT2D eigenvalue weighted by molar-refractivity contribution is 6.13. The van der Waals surface area contributed by atoms with Crippen molar-refractivity contribution in [3.8, 4) is 0 Å². The van der Waals surface area contributed by atoms with Gasteiger partial charge in [-0.2, -0.15) is 5.10 Å². The highest BCUT2D eigenvalue weighted by Crippen LogP contribution is 2.30. The number of benzene rings is 1. The first-order valence-electron chi connectivity index (χ1n) is 6.76. The summed E-state index contributed by atoms with van der Waals surface area (Å²) in [7, 11) is 0. The summed E-state index contributed by atoms with van der Waals surface area (Å²) in [6, 6.07) is 8.59. The number of aromatic nitrogens is 2. The maximum absolute atomic E-state index is 12.3. The van der Waals surface area contributed by atoms with Crippen LogP contribution in [0.25, 0.3) is 11.0 Å². The highest BCUT2D eigenvalue weighted by atomic mass is 16.3. The number of anilines is 1. The molecule has 1 aromatic carbocycles. The van der Waals surface area contributed by atoms with Gasteiger partial charge >= 0.3 is 0 Å². The van der Waals surface area contributed by atoms with Crippen molar-refractivity contribution in [1.29, 1.82) is 0 Å². The number of hydrogen-bond acceptors (Lipinski definition) is 4. The number of primary amides is 1. The van der Waals surface area contributed by atoms with E-state index in [1.807, 2.05) is 6.92 Å². The summed E-state index contributed by atoms with van der Waals surface area (Å²) < 4.78 is 7.05. The van der Waals surface area contributed by atoms with Crippen LogP contribution in [0.3, 0.4) is 0 Å². The van der Waals surface area contributed by atoms with Crippen LogP contribution in [0, 0.1) is 0 Å². The normalized spacial score (nSPS) is 10.8. The molecule has 0 aliphatic carbocycles. The molecule has 3 rings (SSSR count). The molecule has 22 heavy (non-hydrogen) atoms. The van der Waals surface area contributed by atoms with Gasteiger partial charge in [-0.05, 0) is 25.1 Å². The van der Waals surface area contributed by atoms with Gasteiger partial charge in [0.05, 0.1) is 0 Å². The first-order chi connectivity index (χ1) is 10.6. The Balaban J connectivity index is 2.00. The first-order valence-corrected chi connectivity index (χ1v) is 6.76. The lowest BCUT2D eigenvalue weighted by Gasteiger charge is -2.02. The molecular weight excluding hydrogens is 284 g/mol. The third-order valence-corrected chi connectivity index (χ3v) is 3.26. The van der Waals surface area contributed by atoms with Gasteiger partial charge in [0.1, 0.15) is 11.3 Å². The van der Waals surface area contributed by atoms with Crippen molar-refractivity contribution >= 4 is 28.5 Å². The highest BCUT2D eigenvalue weighted by Gasteiger charge is 2.21. The van der Waals surface area contributed by atoms with Crippen LogP contribution < -0.4 is 11.1 Å². The van der Waals surface area contributed by atoms with Gasteiger partial charge in [-0.3, -0.25) is 14.3 Å². The second kappa shape index (κ2) is 5.36. The smallest absolute Gasteiger partial charge is 0.286 e. The Kier molecular flexibility index (Phi) is 3.38. The molecule has 0 aliphatic heterocycles. The average molecular weight is 298 g/mol. The summed E-state index contributed by atoms with van der Waals surface area (Å²) in [5.74, 6) is -1.25. The monoisotopic (exact) mass is 298 g/mol. The molecule has 0 radical (unpaired) electrons. The summed E-state index contributed by atoms with van der Waals surface area (Å²) in [6.07, 6.45) is 1.71. The van der Waals surface area contributed by atoms with Crippen molar-refractivity contribution in [3.05, 3.63) is 48.0 Å². The number of fused-ring (bicyclic) bond motifs is 1. The molecule has 2 heterocycles. The molecule has 2 amide bonds. The fraction of sp³-hybridized carbons (Fsp3) is 0.133. The Bertz CT molecular complexity index is 863. The van der Waals surface area contributed by atoms with E-state index in [1.54, 1.807) is 41.2 Å². The Morgan fingerprint density at radius 2 is 2.09 bits per heavy atom. The van der Waals surface area contributed by atoms with Gasteiger partial charge in [-0.1, -0.05) is 12.1 Å². The second-order valence-electron chi connectivity index (χ2n) is 4.68. The maximum atomic E-state index is 12.3. The van der Waals surface area contributed by atoms with E-state index < -0.39 is 11.8 Å². The number of nitrogens with one attached hydrogen (secondary N) is 1. The van der Waals surface area contributed by atoms with Crippen molar-refractivity contribution in [2.45, 2.75) is 13.5 Å². The number of para-hydroxylation sites is 1. The molecule has 3 N–H and O–H groups in total. The van der Waals surface area contributed by atoms with Gasteiger partial charge in [0.25, 0.3) is 11.8 Å². The lowest BCUT2D eigenvalue weighted by Crippen LogP contribution is -2.17. The molecule has 0 atom stereocenters. The SMILES string of the molecule is CCn1ccc(C(=O)Nc2c(C(N)=O)oc3ccccc23)n1. The number of hydrogen-bond donors (Lipinski definition) is 2. The summed E-state index contributed by atoms with van der Waals surface area (Å²) in [4.78, 5) is 23.8. The minimum Gasteiger partial charge on any atom is -0.449 e. The molecule has 0 aliphatic rings. The van der Waals surface area contributed by atoms with E-state index in [0.29, 0.717) is 17.5 Å². The minimum absolute atomic E-state index is 0.0792. The molecule has 0 saturated carbocycles. The minimum atomic E-state index is -0.745. The molecule has 7 heteroatoms. The first kappa shape index (κ1) is 13.9. The standard InChI is InChI=1S/C15H14N4O3/c1-2-19-8-7-10(18-19)15(21)17-12-9-5-3-4-6-11(9)22-13(12)14(16)20/h3-8H,2H2,1H3,(H2,16,20)(H,17,21). The van der Waals surface area contributed by atoms with Gasteiger partial charge in [-0.15, -0.1) is 0 Å². The summed E-state index contributed by atoms with van der Waals surface area (Å²) in [6.45, 7) is 2.58. The van der Waals surface area contributed by atoms with Crippen molar-refractivity contribution in [2.75, 3.05) is 5.32 Å². The van der Waals surface area contributed by atoms with E-state index in [2.05, 4.69) is 10.4 Å².